The predicted molar refractivity (Wildman–Crippen MR) is 73.7 cm³/mol. The first-order valence-electron chi connectivity index (χ1n) is 6.20. The molecule has 0 radical (unpaired) electrons. The number of nitrogens with zero attached hydrogens (tertiary/aromatic N) is 1. The lowest BCUT2D eigenvalue weighted by molar-refractivity contribution is 0.0696. The van der Waals surface area contributed by atoms with Gasteiger partial charge in [0, 0.05) is 24.4 Å². The zero-order chi connectivity index (χ0) is 13.2. The first kappa shape index (κ1) is 12.3. The van der Waals surface area contributed by atoms with E-state index in [0.29, 0.717) is 12.5 Å². The number of hydrogen-bond donors (Lipinski definition) is 2. The molecule has 2 N–H and O–H groups in total. The highest BCUT2D eigenvalue weighted by Crippen LogP contribution is 2.33. The second kappa shape index (κ2) is 5.11. The maximum absolute atomic E-state index is 10.7. The Labute approximate surface area is 115 Å². The minimum atomic E-state index is -0.954. The first-order valence-corrected chi connectivity index (χ1v) is 7.08. The molecule has 1 unspecified atom stereocenters. The average Bonchev–Trinajstić information content (AvgIpc) is 2.84. The monoisotopic (exact) mass is 274 g/mol. The second-order valence-electron chi connectivity index (χ2n) is 4.68. The van der Waals surface area contributed by atoms with E-state index >= 15 is 0 Å². The van der Waals surface area contributed by atoms with Crippen molar-refractivity contribution in [2.45, 2.75) is 18.9 Å². The van der Waals surface area contributed by atoms with Gasteiger partial charge in [-0.25, -0.2) is 9.78 Å². The highest BCUT2D eigenvalue weighted by atomic mass is 32.1. The second-order valence-corrected chi connectivity index (χ2v) is 5.54. The standard InChI is InChI=1S/C14H14N2O2S/c17-14(18)13-16-11(8-19-13)7-15-6-10-5-9-3-1-2-4-12(9)10/h1-4,8,10,15H,5-7H2,(H,17,18). The van der Waals surface area contributed by atoms with Crippen molar-refractivity contribution in [1.82, 2.24) is 10.3 Å². The Balaban J connectivity index is 1.50. The molecule has 0 bridgehead atoms. The first-order chi connectivity index (χ1) is 9.24. The van der Waals surface area contributed by atoms with Crippen LogP contribution in [0.4, 0.5) is 0 Å². The topological polar surface area (TPSA) is 62.2 Å². The van der Waals surface area contributed by atoms with Gasteiger partial charge in [0.25, 0.3) is 0 Å². The number of carboxylic acids is 1. The van der Waals surface area contributed by atoms with Gasteiger partial charge in [-0.15, -0.1) is 11.3 Å². The summed E-state index contributed by atoms with van der Waals surface area (Å²) < 4.78 is 0. The van der Waals surface area contributed by atoms with Crippen LogP contribution in [0.5, 0.6) is 0 Å². The summed E-state index contributed by atoms with van der Waals surface area (Å²) >= 11 is 1.17. The number of fused-ring (bicyclic) bond motifs is 1. The molecular weight excluding hydrogens is 260 g/mol. The van der Waals surface area contributed by atoms with E-state index in [2.05, 4.69) is 34.6 Å². The summed E-state index contributed by atoms with van der Waals surface area (Å²) in [6, 6.07) is 8.50. The molecule has 0 spiro atoms. The zero-order valence-electron chi connectivity index (χ0n) is 10.3. The van der Waals surface area contributed by atoms with Gasteiger partial charge in [0.15, 0.2) is 0 Å². The summed E-state index contributed by atoms with van der Waals surface area (Å²) in [6.07, 6.45) is 1.13. The number of carboxylic acid groups (broad SMARTS) is 1. The van der Waals surface area contributed by atoms with Gasteiger partial charge in [-0.1, -0.05) is 24.3 Å². The van der Waals surface area contributed by atoms with Crippen molar-refractivity contribution in [3.8, 4) is 0 Å². The lowest BCUT2D eigenvalue weighted by Gasteiger charge is -2.30. The minimum Gasteiger partial charge on any atom is -0.476 e. The lowest BCUT2D eigenvalue weighted by atomic mass is 9.77. The average molecular weight is 274 g/mol. The molecule has 1 aliphatic rings. The SMILES string of the molecule is O=C(O)c1nc(CNCC2Cc3ccccc32)cs1. The van der Waals surface area contributed by atoms with Crippen LogP contribution < -0.4 is 5.32 Å². The maximum Gasteiger partial charge on any atom is 0.365 e. The van der Waals surface area contributed by atoms with E-state index < -0.39 is 5.97 Å². The third-order valence-electron chi connectivity index (χ3n) is 3.39. The minimum absolute atomic E-state index is 0.158. The van der Waals surface area contributed by atoms with Crippen LogP contribution in [0.25, 0.3) is 0 Å². The molecule has 0 saturated heterocycles. The van der Waals surface area contributed by atoms with Crippen LogP contribution in [0.2, 0.25) is 0 Å². The van der Waals surface area contributed by atoms with E-state index in [1.165, 1.54) is 22.5 Å². The van der Waals surface area contributed by atoms with Crippen molar-refractivity contribution in [1.29, 1.82) is 0 Å². The molecule has 1 aromatic heterocycles. The van der Waals surface area contributed by atoms with Crippen LogP contribution in [0, 0.1) is 0 Å². The van der Waals surface area contributed by atoms with Gasteiger partial charge in [-0.05, 0) is 17.5 Å². The summed E-state index contributed by atoms with van der Waals surface area (Å²) in [5.74, 6) is -0.377. The fraction of sp³-hybridized carbons (Fsp3) is 0.286. The molecule has 5 heteroatoms. The molecule has 3 rings (SSSR count). The Bertz CT molecular complexity index is 609. The number of aromatic nitrogens is 1. The van der Waals surface area contributed by atoms with Gasteiger partial charge >= 0.3 is 5.97 Å². The molecule has 1 atom stereocenters. The number of nitrogens with one attached hydrogen (secondary N) is 1. The fourth-order valence-electron chi connectivity index (χ4n) is 2.41. The van der Waals surface area contributed by atoms with Crippen LogP contribution in [0.3, 0.4) is 0 Å². The van der Waals surface area contributed by atoms with Crippen LogP contribution in [0.1, 0.15) is 32.5 Å². The van der Waals surface area contributed by atoms with Crippen molar-refractivity contribution in [3.63, 3.8) is 0 Å². The number of rotatable bonds is 5. The molecule has 0 saturated carbocycles. The van der Waals surface area contributed by atoms with E-state index in [1.54, 1.807) is 5.38 Å². The summed E-state index contributed by atoms with van der Waals surface area (Å²) in [4.78, 5) is 14.8. The van der Waals surface area contributed by atoms with Gasteiger partial charge in [0.05, 0.1) is 5.69 Å². The highest BCUT2D eigenvalue weighted by molar-refractivity contribution is 7.11. The predicted octanol–water partition coefficient (Wildman–Crippen LogP) is 2.27. The molecular formula is C14H14N2O2S. The Morgan fingerprint density at radius 2 is 2.32 bits per heavy atom. The molecule has 0 fully saturated rings. The summed E-state index contributed by atoms with van der Waals surface area (Å²) in [5, 5.41) is 14.1. The number of aromatic carboxylic acids is 1. The van der Waals surface area contributed by atoms with E-state index in [9.17, 15) is 4.79 Å². The zero-order valence-corrected chi connectivity index (χ0v) is 11.1. The van der Waals surface area contributed by atoms with Crippen LogP contribution >= 0.6 is 11.3 Å². The summed E-state index contributed by atoms with van der Waals surface area (Å²) in [7, 11) is 0. The lowest BCUT2D eigenvalue weighted by Crippen LogP contribution is -2.28. The third kappa shape index (κ3) is 2.52. The quantitative estimate of drug-likeness (QED) is 0.878. The van der Waals surface area contributed by atoms with Gasteiger partial charge in [0.2, 0.25) is 5.01 Å². The van der Waals surface area contributed by atoms with Gasteiger partial charge in [-0.2, -0.15) is 0 Å². The van der Waals surface area contributed by atoms with Crippen molar-refractivity contribution in [3.05, 3.63) is 51.5 Å². The highest BCUT2D eigenvalue weighted by Gasteiger charge is 2.24. The third-order valence-corrected chi connectivity index (χ3v) is 4.27. The smallest absolute Gasteiger partial charge is 0.365 e. The summed E-state index contributed by atoms with van der Waals surface area (Å²) in [5.41, 5.74) is 3.67. The number of thiazole rings is 1. The molecule has 0 amide bonds. The van der Waals surface area contributed by atoms with Gasteiger partial charge in [0.1, 0.15) is 0 Å². The largest absolute Gasteiger partial charge is 0.476 e. The van der Waals surface area contributed by atoms with Crippen LogP contribution in [-0.4, -0.2) is 22.6 Å². The van der Waals surface area contributed by atoms with Crippen LogP contribution in [-0.2, 0) is 13.0 Å². The van der Waals surface area contributed by atoms with Crippen molar-refractivity contribution < 1.29 is 9.90 Å². The van der Waals surface area contributed by atoms with E-state index in [0.717, 1.165) is 18.7 Å². The summed E-state index contributed by atoms with van der Waals surface area (Å²) in [6.45, 7) is 1.54. The number of carbonyl (C=O) groups is 1. The number of hydrogen-bond acceptors (Lipinski definition) is 4. The van der Waals surface area contributed by atoms with E-state index in [4.69, 9.17) is 5.11 Å². The Morgan fingerprint density at radius 1 is 1.47 bits per heavy atom. The molecule has 1 heterocycles. The molecule has 1 aromatic carbocycles. The van der Waals surface area contributed by atoms with Crippen molar-refractivity contribution >= 4 is 17.3 Å². The molecule has 2 aromatic rings. The Kier molecular flexibility index (Phi) is 3.31. The normalized spacial score (nSPS) is 16.7. The number of benzene rings is 1. The van der Waals surface area contributed by atoms with Crippen LogP contribution in [0.15, 0.2) is 29.6 Å². The molecule has 19 heavy (non-hydrogen) atoms. The van der Waals surface area contributed by atoms with E-state index in [1.807, 2.05) is 0 Å². The fourth-order valence-corrected chi connectivity index (χ4v) is 3.06. The molecule has 0 aliphatic heterocycles. The van der Waals surface area contributed by atoms with Gasteiger partial charge < -0.3 is 10.4 Å². The van der Waals surface area contributed by atoms with E-state index in [-0.39, 0.29) is 5.01 Å². The molecule has 98 valence electrons. The molecule has 1 aliphatic carbocycles. The Hall–Kier alpha value is -1.72. The van der Waals surface area contributed by atoms with Gasteiger partial charge in [-0.3, -0.25) is 0 Å². The maximum atomic E-state index is 10.7. The van der Waals surface area contributed by atoms with Crippen molar-refractivity contribution in [2.24, 2.45) is 0 Å². The van der Waals surface area contributed by atoms with Crippen molar-refractivity contribution in [2.75, 3.05) is 6.54 Å². The Morgan fingerprint density at radius 3 is 3.05 bits per heavy atom. The molecule has 4 nitrogen and oxygen atoms in total.